The number of carbonyl (C=O) groups excluding carboxylic acids is 1. The normalized spacial score (nSPS) is 16.6. The van der Waals surface area contributed by atoms with Crippen molar-refractivity contribution in [2.45, 2.75) is 18.3 Å². The number of likely N-dealkylation sites (N-methyl/N-ethyl adjacent to an activating group) is 1. The largest absolute Gasteiger partial charge is 0.481 e. The zero-order valence-corrected chi connectivity index (χ0v) is 9.52. The molecule has 0 aromatic rings. The highest BCUT2D eigenvalue weighted by atomic mass is 32.1. The standard InChI is InChI=1S/C8H16N2O4S/c1-4(8(13)14)6(7(9)15)10(2)5(12)3-11/h4,6-7,11,15H,3,9H2,1-2H3,(H,13,14)/t4?,6-,7?/m0/s1. The molecule has 0 aliphatic carbocycles. The summed E-state index contributed by atoms with van der Waals surface area (Å²) in [5, 5.41) is 16.7. The molecule has 0 aliphatic heterocycles. The van der Waals surface area contributed by atoms with Gasteiger partial charge in [0, 0.05) is 7.05 Å². The van der Waals surface area contributed by atoms with Crippen molar-refractivity contribution in [1.29, 1.82) is 0 Å². The van der Waals surface area contributed by atoms with Gasteiger partial charge < -0.3 is 20.8 Å². The molecule has 3 atom stereocenters. The lowest BCUT2D eigenvalue weighted by Crippen LogP contribution is -2.52. The number of aliphatic hydroxyl groups excluding tert-OH is 1. The SMILES string of the molecule is CC(C(=O)O)[C@@H](C(N)S)N(C)C(=O)CO. The number of carbonyl (C=O) groups is 2. The van der Waals surface area contributed by atoms with Crippen LogP contribution in [-0.4, -0.2) is 52.1 Å². The number of hydrogen-bond acceptors (Lipinski definition) is 5. The summed E-state index contributed by atoms with van der Waals surface area (Å²) < 4.78 is 0. The monoisotopic (exact) mass is 236 g/mol. The Hall–Kier alpha value is -0.790. The maximum Gasteiger partial charge on any atom is 0.308 e. The van der Waals surface area contributed by atoms with E-state index in [0.717, 1.165) is 4.90 Å². The second kappa shape index (κ2) is 5.94. The molecule has 2 unspecified atom stereocenters. The summed E-state index contributed by atoms with van der Waals surface area (Å²) in [5.41, 5.74) is 5.49. The molecule has 88 valence electrons. The van der Waals surface area contributed by atoms with Crippen LogP contribution in [0.2, 0.25) is 0 Å². The Balaban J connectivity index is 4.81. The van der Waals surface area contributed by atoms with Crippen molar-refractivity contribution in [2.24, 2.45) is 11.7 Å². The lowest BCUT2D eigenvalue weighted by molar-refractivity contribution is -0.146. The number of nitrogens with zero attached hydrogens (tertiary/aromatic N) is 1. The molecule has 6 nitrogen and oxygen atoms in total. The first kappa shape index (κ1) is 14.2. The minimum atomic E-state index is -1.07. The number of aliphatic hydroxyl groups is 1. The van der Waals surface area contributed by atoms with E-state index >= 15 is 0 Å². The van der Waals surface area contributed by atoms with Gasteiger partial charge >= 0.3 is 5.97 Å². The first-order valence-corrected chi connectivity index (χ1v) is 4.87. The van der Waals surface area contributed by atoms with Crippen molar-refractivity contribution in [3.05, 3.63) is 0 Å². The molecule has 0 aliphatic rings. The first-order chi connectivity index (χ1) is 6.82. The summed E-state index contributed by atoms with van der Waals surface area (Å²) in [6.07, 6.45) is 0. The number of nitrogens with two attached hydrogens (primary N) is 1. The van der Waals surface area contributed by atoms with Crippen molar-refractivity contribution < 1.29 is 19.8 Å². The molecule has 4 N–H and O–H groups in total. The number of hydrogen-bond donors (Lipinski definition) is 4. The summed E-state index contributed by atoms with van der Waals surface area (Å²) >= 11 is 3.94. The quantitative estimate of drug-likeness (QED) is 0.352. The van der Waals surface area contributed by atoms with Crippen LogP contribution >= 0.6 is 12.6 Å². The zero-order valence-electron chi connectivity index (χ0n) is 8.62. The fourth-order valence-corrected chi connectivity index (χ4v) is 1.74. The van der Waals surface area contributed by atoms with Gasteiger partial charge in [-0.3, -0.25) is 9.59 Å². The van der Waals surface area contributed by atoms with Crippen LogP contribution in [0.1, 0.15) is 6.92 Å². The van der Waals surface area contributed by atoms with E-state index in [-0.39, 0.29) is 0 Å². The van der Waals surface area contributed by atoms with Crippen LogP contribution in [0.15, 0.2) is 0 Å². The van der Waals surface area contributed by atoms with Gasteiger partial charge in [-0.15, -0.1) is 0 Å². The number of carboxylic acid groups (broad SMARTS) is 1. The zero-order chi connectivity index (χ0) is 12.2. The van der Waals surface area contributed by atoms with Gasteiger partial charge in [0.2, 0.25) is 5.91 Å². The van der Waals surface area contributed by atoms with Crippen molar-refractivity contribution in [1.82, 2.24) is 4.90 Å². The van der Waals surface area contributed by atoms with Crippen molar-refractivity contribution >= 4 is 24.5 Å². The van der Waals surface area contributed by atoms with Gasteiger partial charge in [0.25, 0.3) is 0 Å². The van der Waals surface area contributed by atoms with Gasteiger partial charge in [0.15, 0.2) is 0 Å². The number of amides is 1. The van der Waals surface area contributed by atoms with Gasteiger partial charge in [-0.25, -0.2) is 0 Å². The average molecular weight is 236 g/mol. The minimum Gasteiger partial charge on any atom is -0.481 e. The second-order valence-corrected chi connectivity index (χ2v) is 3.87. The number of carboxylic acids is 1. The molecule has 0 bridgehead atoms. The van der Waals surface area contributed by atoms with Crippen LogP contribution in [0.5, 0.6) is 0 Å². The fourth-order valence-electron chi connectivity index (χ4n) is 1.28. The van der Waals surface area contributed by atoms with Crippen LogP contribution in [-0.2, 0) is 9.59 Å². The van der Waals surface area contributed by atoms with E-state index < -0.39 is 35.8 Å². The molecule has 0 saturated carbocycles. The smallest absolute Gasteiger partial charge is 0.308 e. The predicted molar refractivity (Wildman–Crippen MR) is 57.4 cm³/mol. The van der Waals surface area contributed by atoms with E-state index in [4.69, 9.17) is 15.9 Å². The molecule has 0 rings (SSSR count). The maximum absolute atomic E-state index is 11.2. The van der Waals surface area contributed by atoms with Crippen LogP contribution in [0.25, 0.3) is 0 Å². The van der Waals surface area contributed by atoms with Crippen molar-refractivity contribution in [3.8, 4) is 0 Å². The van der Waals surface area contributed by atoms with Gasteiger partial charge in [-0.05, 0) is 6.92 Å². The highest BCUT2D eigenvalue weighted by molar-refractivity contribution is 7.80. The Bertz CT molecular complexity index is 247. The third-order valence-electron chi connectivity index (χ3n) is 2.23. The summed E-state index contributed by atoms with van der Waals surface area (Å²) in [5.74, 6) is -2.50. The van der Waals surface area contributed by atoms with E-state index in [0.29, 0.717) is 0 Å². The van der Waals surface area contributed by atoms with E-state index in [1.807, 2.05) is 0 Å². The molecule has 0 aromatic heterocycles. The highest BCUT2D eigenvalue weighted by Gasteiger charge is 2.32. The molecule has 0 fully saturated rings. The molecule has 0 saturated heterocycles. The van der Waals surface area contributed by atoms with E-state index in [1.165, 1.54) is 14.0 Å². The van der Waals surface area contributed by atoms with Crippen LogP contribution < -0.4 is 5.73 Å². The number of aliphatic carboxylic acids is 1. The Morgan fingerprint density at radius 3 is 2.27 bits per heavy atom. The lowest BCUT2D eigenvalue weighted by Gasteiger charge is -2.32. The van der Waals surface area contributed by atoms with Crippen molar-refractivity contribution in [3.63, 3.8) is 0 Å². The molecular formula is C8H16N2O4S. The first-order valence-electron chi connectivity index (χ1n) is 4.35. The van der Waals surface area contributed by atoms with Gasteiger partial charge in [0.05, 0.1) is 17.3 Å². The molecule has 15 heavy (non-hydrogen) atoms. The summed E-state index contributed by atoms with van der Waals surface area (Å²) in [4.78, 5) is 23.1. The number of thiol groups is 1. The van der Waals surface area contributed by atoms with Gasteiger partial charge in [-0.1, -0.05) is 0 Å². The molecule has 0 radical (unpaired) electrons. The fraction of sp³-hybridized carbons (Fsp3) is 0.750. The van der Waals surface area contributed by atoms with Crippen LogP contribution in [0.4, 0.5) is 0 Å². The Morgan fingerprint density at radius 2 is 2.00 bits per heavy atom. The molecule has 0 heterocycles. The Morgan fingerprint density at radius 1 is 1.53 bits per heavy atom. The predicted octanol–water partition coefficient (Wildman–Crippen LogP) is -1.26. The van der Waals surface area contributed by atoms with Gasteiger partial charge in [0.1, 0.15) is 6.61 Å². The van der Waals surface area contributed by atoms with E-state index in [2.05, 4.69) is 12.6 Å². The highest BCUT2D eigenvalue weighted by Crippen LogP contribution is 2.15. The second-order valence-electron chi connectivity index (χ2n) is 3.27. The third-order valence-corrected chi connectivity index (χ3v) is 2.53. The molecule has 0 aromatic carbocycles. The number of rotatable bonds is 5. The van der Waals surface area contributed by atoms with Crippen LogP contribution in [0, 0.1) is 5.92 Å². The Kier molecular flexibility index (Phi) is 5.63. The topological polar surface area (TPSA) is 104 Å². The van der Waals surface area contributed by atoms with E-state index in [9.17, 15) is 9.59 Å². The minimum absolute atomic E-state index is 0.586. The summed E-state index contributed by atoms with van der Waals surface area (Å²) in [7, 11) is 1.39. The average Bonchev–Trinajstić information content (AvgIpc) is 2.15. The lowest BCUT2D eigenvalue weighted by atomic mass is 10.0. The molecule has 7 heteroatoms. The van der Waals surface area contributed by atoms with E-state index in [1.54, 1.807) is 0 Å². The molecule has 0 spiro atoms. The Labute approximate surface area is 93.5 Å². The summed E-state index contributed by atoms with van der Waals surface area (Å²) in [6.45, 7) is 0.754. The third kappa shape index (κ3) is 3.69. The molecular weight excluding hydrogens is 220 g/mol. The molecule has 1 amide bonds. The van der Waals surface area contributed by atoms with Crippen molar-refractivity contribution in [2.75, 3.05) is 13.7 Å². The van der Waals surface area contributed by atoms with Crippen LogP contribution in [0.3, 0.4) is 0 Å². The maximum atomic E-state index is 11.2. The van der Waals surface area contributed by atoms with Gasteiger partial charge in [-0.2, -0.15) is 12.6 Å². The summed E-state index contributed by atoms with van der Waals surface area (Å²) in [6, 6.07) is -0.759.